The minimum Gasteiger partial charge on any atom is -0.393 e. The molecule has 0 saturated heterocycles. The molecule has 0 unspecified atom stereocenters. The van der Waals surface area contributed by atoms with Gasteiger partial charge in [0.2, 0.25) is 0 Å². The highest BCUT2D eigenvalue weighted by atomic mass is 16.2. The number of anilines is 4. The second-order valence-electron chi connectivity index (χ2n) is 6.26. The van der Waals surface area contributed by atoms with E-state index in [1.807, 2.05) is 37.3 Å². The molecule has 0 aliphatic rings. The lowest BCUT2D eigenvalue weighted by Crippen LogP contribution is -2.30. The first kappa shape index (κ1) is 18.1. The average Bonchev–Trinajstić information content (AvgIpc) is 2.75. The van der Waals surface area contributed by atoms with Gasteiger partial charge in [0.25, 0.3) is 5.91 Å². The van der Waals surface area contributed by atoms with Crippen molar-refractivity contribution in [3.63, 3.8) is 0 Å². The molecule has 144 valence electrons. The predicted molar refractivity (Wildman–Crippen MR) is 112 cm³/mol. The SMILES string of the molecule is Cc1ccc2cccc(Nc3ncnc(NNC(=O)c4cccnc4)c3N)c2n1. The highest BCUT2D eigenvalue weighted by Gasteiger charge is 2.12. The monoisotopic (exact) mass is 386 g/mol. The van der Waals surface area contributed by atoms with Crippen LogP contribution in [0.3, 0.4) is 0 Å². The number of hydrogen-bond acceptors (Lipinski definition) is 8. The number of rotatable bonds is 5. The van der Waals surface area contributed by atoms with Crippen molar-refractivity contribution in [3.05, 3.63) is 72.4 Å². The molecule has 0 spiro atoms. The highest BCUT2D eigenvalue weighted by Crippen LogP contribution is 2.29. The Kier molecular flexibility index (Phi) is 4.85. The molecule has 0 bridgehead atoms. The van der Waals surface area contributed by atoms with Crippen molar-refractivity contribution >= 4 is 39.8 Å². The molecule has 4 rings (SSSR count). The normalized spacial score (nSPS) is 10.5. The molecule has 9 heteroatoms. The number of carbonyl (C=O) groups excluding carboxylic acids is 1. The lowest BCUT2D eigenvalue weighted by Gasteiger charge is -2.14. The number of fused-ring (bicyclic) bond motifs is 1. The van der Waals surface area contributed by atoms with Crippen molar-refractivity contribution in [3.8, 4) is 0 Å². The zero-order valence-electron chi connectivity index (χ0n) is 15.5. The quantitative estimate of drug-likeness (QED) is 0.385. The molecule has 9 nitrogen and oxygen atoms in total. The van der Waals surface area contributed by atoms with Gasteiger partial charge in [-0.05, 0) is 31.2 Å². The summed E-state index contributed by atoms with van der Waals surface area (Å²) in [5.74, 6) is 0.303. The Morgan fingerprint density at radius 3 is 2.72 bits per heavy atom. The summed E-state index contributed by atoms with van der Waals surface area (Å²) in [4.78, 5) is 29.0. The number of nitrogens with two attached hydrogens (primary N) is 1. The number of aryl methyl sites for hydroxylation is 1. The second kappa shape index (κ2) is 7.77. The summed E-state index contributed by atoms with van der Waals surface area (Å²) < 4.78 is 0. The zero-order valence-corrected chi connectivity index (χ0v) is 15.5. The van der Waals surface area contributed by atoms with Crippen LogP contribution >= 0.6 is 0 Å². The highest BCUT2D eigenvalue weighted by molar-refractivity contribution is 5.95. The van der Waals surface area contributed by atoms with Gasteiger partial charge in [-0.25, -0.2) is 9.97 Å². The van der Waals surface area contributed by atoms with Gasteiger partial charge in [0.15, 0.2) is 11.6 Å². The van der Waals surface area contributed by atoms with E-state index in [-0.39, 0.29) is 17.4 Å². The van der Waals surface area contributed by atoms with Crippen molar-refractivity contribution in [2.45, 2.75) is 6.92 Å². The fourth-order valence-electron chi connectivity index (χ4n) is 2.75. The fourth-order valence-corrected chi connectivity index (χ4v) is 2.75. The molecule has 0 aliphatic heterocycles. The van der Waals surface area contributed by atoms with E-state index in [4.69, 9.17) is 5.73 Å². The number of amides is 1. The lowest BCUT2D eigenvalue weighted by molar-refractivity contribution is 0.0962. The number of aromatic nitrogens is 4. The van der Waals surface area contributed by atoms with E-state index in [2.05, 4.69) is 36.1 Å². The lowest BCUT2D eigenvalue weighted by atomic mass is 10.1. The van der Waals surface area contributed by atoms with Crippen LogP contribution in [0.4, 0.5) is 23.0 Å². The number of hydrazine groups is 1. The molecule has 3 heterocycles. The first-order chi connectivity index (χ1) is 14.1. The smallest absolute Gasteiger partial charge is 0.271 e. The maximum Gasteiger partial charge on any atom is 0.271 e. The number of pyridine rings is 2. The van der Waals surface area contributed by atoms with Gasteiger partial charge in [-0.2, -0.15) is 0 Å². The van der Waals surface area contributed by atoms with Crippen LogP contribution in [0.15, 0.2) is 61.2 Å². The minimum absolute atomic E-state index is 0.253. The van der Waals surface area contributed by atoms with Gasteiger partial charge in [0.1, 0.15) is 12.0 Å². The number of hydrogen-bond donors (Lipinski definition) is 4. The van der Waals surface area contributed by atoms with Crippen molar-refractivity contribution < 1.29 is 4.79 Å². The summed E-state index contributed by atoms with van der Waals surface area (Å²) in [6.07, 6.45) is 4.40. The molecular formula is C20H18N8O. The Morgan fingerprint density at radius 2 is 1.90 bits per heavy atom. The predicted octanol–water partition coefficient (Wildman–Crippen LogP) is 2.81. The van der Waals surface area contributed by atoms with Crippen LogP contribution in [-0.4, -0.2) is 25.8 Å². The molecule has 0 aliphatic carbocycles. The Labute approximate surface area is 166 Å². The van der Waals surface area contributed by atoms with Crippen LogP contribution in [-0.2, 0) is 0 Å². The molecule has 1 amide bonds. The van der Waals surface area contributed by atoms with Gasteiger partial charge in [-0.1, -0.05) is 18.2 Å². The molecule has 3 aromatic heterocycles. The van der Waals surface area contributed by atoms with Crippen molar-refractivity contribution in [2.24, 2.45) is 0 Å². The summed E-state index contributed by atoms with van der Waals surface area (Å²) in [5, 5.41) is 4.20. The molecule has 0 saturated carbocycles. The number of nitrogen functional groups attached to an aromatic ring is 1. The summed E-state index contributed by atoms with van der Waals surface area (Å²) >= 11 is 0. The van der Waals surface area contributed by atoms with Crippen LogP contribution in [0.1, 0.15) is 16.1 Å². The van der Waals surface area contributed by atoms with Gasteiger partial charge in [-0.15, -0.1) is 0 Å². The number of carbonyl (C=O) groups is 1. The Hall–Kier alpha value is -4.27. The van der Waals surface area contributed by atoms with Gasteiger partial charge >= 0.3 is 0 Å². The van der Waals surface area contributed by atoms with Crippen LogP contribution in [0.5, 0.6) is 0 Å². The topological polar surface area (TPSA) is 131 Å². The number of benzene rings is 1. The number of para-hydroxylation sites is 1. The third-order valence-electron chi connectivity index (χ3n) is 4.21. The molecular weight excluding hydrogens is 368 g/mol. The van der Waals surface area contributed by atoms with E-state index >= 15 is 0 Å². The van der Waals surface area contributed by atoms with E-state index in [9.17, 15) is 4.79 Å². The minimum atomic E-state index is -0.362. The van der Waals surface area contributed by atoms with Crippen molar-refractivity contribution in [1.29, 1.82) is 0 Å². The Morgan fingerprint density at radius 1 is 1.03 bits per heavy atom. The second-order valence-corrected chi connectivity index (χ2v) is 6.26. The third-order valence-corrected chi connectivity index (χ3v) is 4.21. The molecule has 5 N–H and O–H groups in total. The fraction of sp³-hybridized carbons (Fsp3) is 0.0500. The number of nitrogens with zero attached hydrogens (tertiary/aromatic N) is 4. The van der Waals surface area contributed by atoms with Gasteiger partial charge in [-0.3, -0.25) is 25.6 Å². The maximum absolute atomic E-state index is 12.2. The Balaban J connectivity index is 1.56. The zero-order chi connectivity index (χ0) is 20.2. The van der Waals surface area contributed by atoms with E-state index in [1.54, 1.807) is 18.3 Å². The average molecular weight is 386 g/mol. The largest absolute Gasteiger partial charge is 0.393 e. The van der Waals surface area contributed by atoms with Crippen LogP contribution in [0.2, 0.25) is 0 Å². The van der Waals surface area contributed by atoms with Gasteiger partial charge < -0.3 is 11.1 Å². The van der Waals surface area contributed by atoms with Gasteiger partial charge in [0, 0.05) is 23.5 Å². The molecule has 0 fully saturated rings. The van der Waals surface area contributed by atoms with Crippen LogP contribution in [0.25, 0.3) is 10.9 Å². The van der Waals surface area contributed by atoms with Gasteiger partial charge in [0.05, 0.1) is 16.8 Å². The van der Waals surface area contributed by atoms with E-state index in [0.29, 0.717) is 11.4 Å². The maximum atomic E-state index is 12.2. The third kappa shape index (κ3) is 3.88. The summed E-state index contributed by atoms with van der Waals surface area (Å²) in [6, 6.07) is 13.1. The van der Waals surface area contributed by atoms with Crippen molar-refractivity contribution in [2.75, 3.05) is 16.5 Å². The molecule has 1 aromatic carbocycles. The molecule has 29 heavy (non-hydrogen) atoms. The Bertz CT molecular complexity index is 1180. The van der Waals surface area contributed by atoms with E-state index in [0.717, 1.165) is 22.3 Å². The first-order valence-corrected chi connectivity index (χ1v) is 8.82. The first-order valence-electron chi connectivity index (χ1n) is 8.82. The van der Waals surface area contributed by atoms with E-state index < -0.39 is 0 Å². The summed E-state index contributed by atoms with van der Waals surface area (Å²) in [6.45, 7) is 1.93. The number of nitrogens with one attached hydrogen (secondary N) is 3. The standard InChI is InChI=1S/C20H18N8O/c1-12-7-8-13-4-2-6-15(17(13)25-12)26-18-16(21)19(24-11-23-18)27-28-20(29)14-5-3-9-22-10-14/h2-11H,21H2,1H3,(H,28,29)(H2,23,24,26,27). The van der Waals surface area contributed by atoms with Crippen LogP contribution < -0.4 is 21.9 Å². The summed E-state index contributed by atoms with van der Waals surface area (Å²) in [7, 11) is 0. The molecule has 4 aromatic rings. The molecule has 0 atom stereocenters. The summed E-state index contributed by atoms with van der Waals surface area (Å²) in [5.41, 5.74) is 14.6. The molecule has 0 radical (unpaired) electrons. The van der Waals surface area contributed by atoms with E-state index in [1.165, 1.54) is 12.5 Å². The van der Waals surface area contributed by atoms with Crippen LogP contribution in [0, 0.1) is 6.92 Å². The van der Waals surface area contributed by atoms with Crippen molar-refractivity contribution in [1.82, 2.24) is 25.4 Å².